The van der Waals surface area contributed by atoms with Gasteiger partial charge < -0.3 is 10.2 Å². The quantitative estimate of drug-likeness (QED) is 0.802. The zero-order valence-electron chi connectivity index (χ0n) is 12.2. The van der Waals surface area contributed by atoms with Gasteiger partial charge in [0.1, 0.15) is 0 Å². The van der Waals surface area contributed by atoms with Crippen molar-refractivity contribution >= 4 is 18.3 Å². The Bertz CT molecular complexity index is 335. The molecule has 1 spiro atoms. The van der Waals surface area contributed by atoms with Crippen molar-refractivity contribution in [3.05, 3.63) is 0 Å². The molecule has 110 valence electrons. The molecule has 0 radical (unpaired) electrons. The lowest BCUT2D eigenvalue weighted by Crippen LogP contribution is -2.44. The molecule has 3 atom stereocenters. The maximum absolute atomic E-state index is 12.6. The van der Waals surface area contributed by atoms with E-state index in [1.807, 2.05) is 0 Å². The number of piperidine rings is 2. The summed E-state index contributed by atoms with van der Waals surface area (Å²) in [6.07, 6.45) is 4.77. The van der Waals surface area contributed by atoms with Crippen molar-refractivity contribution in [2.45, 2.75) is 39.5 Å². The van der Waals surface area contributed by atoms with Crippen molar-refractivity contribution in [2.75, 3.05) is 26.2 Å². The average molecular weight is 287 g/mol. The fraction of sp³-hybridized carbons (Fsp3) is 0.933. The van der Waals surface area contributed by atoms with Gasteiger partial charge >= 0.3 is 0 Å². The third kappa shape index (κ3) is 2.78. The molecule has 3 fully saturated rings. The predicted molar refractivity (Wildman–Crippen MR) is 79.4 cm³/mol. The van der Waals surface area contributed by atoms with Crippen LogP contribution in [0.25, 0.3) is 0 Å². The molecule has 1 amide bonds. The Hall–Kier alpha value is -0.280. The summed E-state index contributed by atoms with van der Waals surface area (Å²) in [6, 6.07) is 0. The third-order valence-corrected chi connectivity index (χ3v) is 5.73. The molecule has 3 unspecified atom stereocenters. The summed E-state index contributed by atoms with van der Waals surface area (Å²) in [5, 5.41) is 3.41. The van der Waals surface area contributed by atoms with Gasteiger partial charge in [0.05, 0.1) is 0 Å². The van der Waals surface area contributed by atoms with Gasteiger partial charge in [0.15, 0.2) is 0 Å². The van der Waals surface area contributed by atoms with Crippen LogP contribution in [0.1, 0.15) is 39.5 Å². The van der Waals surface area contributed by atoms with Crippen LogP contribution in [0.3, 0.4) is 0 Å². The number of likely N-dealkylation sites (tertiary alicyclic amines) is 1. The smallest absolute Gasteiger partial charge is 0.226 e. The first-order valence-corrected chi connectivity index (χ1v) is 7.62. The van der Waals surface area contributed by atoms with Crippen LogP contribution < -0.4 is 5.32 Å². The summed E-state index contributed by atoms with van der Waals surface area (Å²) in [5.41, 5.74) is 0.397. The molecule has 0 aromatic heterocycles. The van der Waals surface area contributed by atoms with E-state index >= 15 is 0 Å². The van der Waals surface area contributed by atoms with Crippen LogP contribution in [0.2, 0.25) is 0 Å². The number of nitrogens with zero attached hydrogens (tertiary/aromatic N) is 1. The largest absolute Gasteiger partial charge is 0.342 e. The molecule has 3 rings (SSSR count). The normalized spacial score (nSPS) is 36.7. The Kier molecular flexibility index (Phi) is 4.46. The zero-order chi connectivity index (χ0) is 12.8. The monoisotopic (exact) mass is 286 g/mol. The lowest BCUT2D eigenvalue weighted by molar-refractivity contribution is -0.136. The molecule has 0 aromatic carbocycles. The van der Waals surface area contributed by atoms with E-state index in [0.29, 0.717) is 23.2 Å². The summed E-state index contributed by atoms with van der Waals surface area (Å²) < 4.78 is 0. The van der Waals surface area contributed by atoms with Gasteiger partial charge in [-0.2, -0.15) is 0 Å². The number of hydrogen-bond donors (Lipinski definition) is 1. The number of halogens is 1. The van der Waals surface area contributed by atoms with E-state index in [2.05, 4.69) is 24.1 Å². The number of carbonyl (C=O) groups is 1. The molecule has 4 heteroatoms. The number of hydrogen-bond acceptors (Lipinski definition) is 2. The first kappa shape index (κ1) is 15.1. The van der Waals surface area contributed by atoms with Crippen LogP contribution in [0.4, 0.5) is 0 Å². The minimum absolute atomic E-state index is 0. The molecule has 3 nitrogen and oxygen atoms in total. The van der Waals surface area contributed by atoms with Crippen molar-refractivity contribution in [3.63, 3.8) is 0 Å². The standard InChI is InChI=1S/C15H26N2O.ClH/c1-11-3-8-17(10-12(11)2)14(18)13-9-15(13)4-6-16-7-5-15;/h11-13,16H,3-10H2,1-2H3;1H. The molecule has 2 saturated heterocycles. The van der Waals surface area contributed by atoms with Gasteiger partial charge in [0.2, 0.25) is 5.91 Å². The average Bonchev–Trinajstić information content (AvgIpc) is 3.06. The topological polar surface area (TPSA) is 32.3 Å². The molecule has 1 aliphatic carbocycles. The van der Waals surface area contributed by atoms with E-state index < -0.39 is 0 Å². The van der Waals surface area contributed by atoms with E-state index in [1.165, 1.54) is 19.3 Å². The van der Waals surface area contributed by atoms with E-state index in [4.69, 9.17) is 0 Å². The SMILES string of the molecule is CC1CCN(C(=O)C2CC23CCNCC3)CC1C.Cl. The Labute approximate surface area is 122 Å². The maximum Gasteiger partial charge on any atom is 0.226 e. The minimum atomic E-state index is 0. The van der Waals surface area contributed by atoms with Crippen LogP contribution in [-0.2, 0) is 4.79 Å². The molecular formula is C15H27ClN2O. The van der Waals surface area contributed by atoms with Crippen molar-refractivity contribution in [3.8, 4) is 0 Å². The van der Waals surface area contributed by atoms with Crippen LogP contribution in [0.15, 0.2) is 0 Å². The summed E-state index contributed by atoms with van der Waals surface area (Å²) in [5.74, 6) is 2.28. The molecule has 1 saturated carbocycles. The fourth-order valence-corrected chi connectivity index (χ4v) is 3.86. The lowest BCUT2D eigenvalue weighted by Gasteiger charge is -2.36. The predicted octanol–water partition coefficient (Wildman–Crippen LogP) is 2.30. The highest BCUT2D eigenvalue weighted by atomic mass is 35.5. The fourth-order valence-electron chi connectivity index (χ4n) is 3.86. The van der Waals surface area contributed by atoms with E-state index in [1.54, 1.807) is 0 Å². The van der Waals surface area contributed by atoms with E-state index in [0.717, 1.165) is 38.5 Å². The zero-order valence-corrected chi connectivity index (χ0v) is 13.0. The Morgan fingerprint density at radius 3 is 2.53 bits per heavy atom. The summed E-state index contributed by atoms with van der Waals surface area (Å²) in [4.78, 5) is 14.8. The van der Waals surface area contributed by atoms with Gasteiger partial charge in [-0.3, -0.25) is 4.79 Å². The van der Waals surface area contributed by atoms with E-state index in [-0.39, 0.29) is 12.4 Å². The summed E-state index contributed by atoms with van der Waals surface area (Å²) >= 11 is 0. The highest BCUT2D eigenvalue weighted by molar-refractivity contribution is 5.85. The lowest BCUT2D eigenvalue weighted by atomic mass is 9.87. The Morgan fingerprint density at radius 1 is 1.21 bits per heavy atom. The molecule has 0 bridgehead atoms. The first-order chi connectivity index (χ1) is 8.62. The number of nitrogens with one attached hydrogen (secondary N) is 1. The number of carbonyl (C=O) groups excluding carboxylic acids is 1. The molecule has 3 aliphatic rings. The second-order valence-corrected chi connectivity index (χ2v) is 6.90. The maximum atomic E-state index is 12.6. The van der Waals surface area contributed by atoms with Crippen molar-refractivity contribution < 1.29 is 4.79 Å². The van der Waals surface area contributed by atoms with Crippen LogP contribution in [-0.4, -0.2) is 37.0 Å². The summed E-state index contributed by atoms with van der Waals surface area (Å²) in [6.45, 7) is 8.81. The van der Waals surface area contributed by atoms with Crippen molar-refractivity contribution in [1.82, 2.24) is 10.2 Å². The molecule has 2 heterocycles. The van der Waals surface area contributed by atoms with Crippen LogP contribution in [0, 0.1) is 23.2 Å². The molecule has 19 heavy (non-hydrogen) atoms. The molecular weight excluding hydrogens is 260 g/mol. The van der Waals surface area contributed by atoms with Gasteiger partial charge in [-0.1, -0.05) is 13.8 Å². The third-order valence-electron chi connectivity index (χ3n) is 5.73. The number of rotatable bonds is 1. The Morgan fingerprint density at radius 2 is 1.89 bits per heavy atom. The highest BCUT2D eigenvalue weighted by Gasteiger charge is 2.58. The Balaban J connectivity index is 0.00000133. The van der Waals surface area contributed by atoms with Gasteiger partial charge in [0.25, 0.3) is 0 Å². The van der Waals surface area contributed by atoms with Gasteiger partial charge in [0, 0.05) is 19.0 Å². The second kappa shape index (κ2) is 5.61. The number of amides is 1. The summed E-state index contributed by atoms with van der Waals surface area (Å²) in [7, 11) is 0. The molecule has 1 N–H and O–H groups in total. The highest BCUT2D eigenvalue weighted by Crippen LogP contribution is 2.59. The van der Waals surface area contributed by atoms with Crippen molar-refractivity contribution in [1.29, 1.82) is 0 Å². The minimum Gasteiger partial charge on any atom is -0.342 e. The van der Waals surface area contributed by atoms with Gasteiger partial charge in [-0.05, 0) is 56.0 Å². The second-order valence-electron chi connectivity index (χ2n) is 6.90. The van der Waals surface area contributed by atoms with E-state index in [9.17, 15) is 4.79 Å². The van der Waals surface area contributed by atoms with Crippen LogP contribution in [0.5, 0.6) is 0 Å². The molecule has 2 aliphatic heterocycles. The van der Waals surface area contributed by atoms with Crippen molar-refractivity contribution in [2.24, 2.45) is 23.2 Å². The van der Waals surface area contributed by atoms with Gasteiger partial charge in [-0.15, -0.1) is 12.4 Å². The molecule has 0 aromatic rings. The van der Waals surface area contributed by atoms with Gasteiger partial charge in [-0.25, -0.2) is 0 Å². The first-order valence-electron chi connectivity index (χ1n) is 7.62. The van der Waals surface area contributed by atoms with Crippen LogP contribution >= 0.6 is 12.4 Å².